The molecule has 6 heteroatoms. The van der Waals surface area contributed by atoms with E-state index in [2.05, 4.69) is 7.11 Å². The first-order valence-electron chi connectivity index (χ1n) is 8.51. The third-order valence-electron chi connectivity index (χ3n) is 3.81. The number of likely N-dealkylation sites (tertiary alicyclic amines) is 1. The maximum atomic E-state index is 12.1. The van der Waals surface area contributed by atoms with Crippen LogP contribution in [-0.4, -0.2) is 35.9 Å². The molecule has 4 nitrogen and oxygen atoms in total. The van der Waals surface area contributed by atoms with Crippen LogP contribution in [0.5, 0.6) is 5.75 Å². The summed E-state index contributed by atoms with van der Waals surface area (Å²) in [4.78, 5) is 13.9. The molecule has 1 aliphatic rings. The Balaban J connectivity index is 0.00000185. The number of hydrogen-bond acceptors (Lipinski definition) is 3. The van der Waals surface area contributed by atoms with Gasteiger partial charge >= 0.3 is 0 Å². The first-order chi connectivity index (χ1) is 11.6. The number of hydrogen-bond donors (Lipinski definition) is 1. The van der Waals surface area contributed by atoms with Crippen molar-refractivity contribution < 1.29 is 47.3 Å². The number of ether oxygens (including phenoxy) is 1. The molecule has 1 aromatic rings. The van der Waals surface area contributed by atoms with Gasteiger partial charge in [-0.2, -0.15) is 7.11 Å². The molecule has 1 saturated heterocycles. The molecule has 2 unspecified atom stereocenters. The first-order valence-corrected chi connectivity index (χ1v) is 8.51. The Morgan fingerprint density at radius 1 is 1.48 bits per heavy atom. The summed E-state index contributed by atoms with van der Waals surface area (Å²) in [5.74, 6) is 0.804. The number of aliphatic hydroxyl groups excluding tert-OH is 1. The van der Waals surface area contributed by atoms with Crippen molar-refractivity contribution in [3.8, 4) is 5.75 Å². The molecule has 133 valence electrons. The normalized spacial score (nSPS) is 17.7. The van der Waals surface area contributed by atoms with Gasteiger partial charge in [0.15, 0.2) is 0 Å². The molecule has 1 amide bonds. The summed E-state index contributed by atoms with van der Waals surface area (Å²) < 4.78 is 4.97. The van der Waals surface area contributed by atoms with Gasteiger partial charge in [-0.05, 0) is 30.5 Å². The van der Waals surface area contributed by atoms with Gasteiger partial charge in [-0.3, -0.25) is 4.79 Å². The van der Waals surface area contributed by atoms with Gasteiger partial charge in [0.1, 0.15) is 0 Å². The van der Waals surface area contributed by atoms with Crippen molar-refractivity contribution in [1.29, 1.82) is 0 Å². The zero-order chi connectivity index (χ0) is 17.9. The maximum Gasteiger partial charge on any atom is 0.223 e. The molecule has 1 heterocycles. The van der Waals surface area contributed by atoms with Gasteiger partial charge in [0, 0.05) is 45.7 Å². The maximum absolute atomic E-state index is 12.1. The summed E-state index contributed by atoms with van der Waals surface area (Å²) in [6.45, 7) is 4.53. The third-order valence-corrected chi connectivity index (χ3v) is 3.81. The molecule has 3 radical (unpaired) electrons. The van der Waals surface area contributed by atoms with Gasteiger partial charge in [0.25, 0.3) is 0 Å². The number of carbonyl (C=O) groups is 1. The Morgan fingerprint density at radius 2 is 2.20 bits per heavy atom. The molecule has 1 N–H and O–H groups in total. The Morgan fingerprint density at radius 3 is 2.84 bits per heavy atom. The van der Waals surface area contributed by atoms with E-state index < -0.39 is 6.10 Å². The number of rotatable bonds is 7. The smallest absolute Gasteiger partial charge is 0.223 e. The summed E-state index contributed by atoms with van der Waals surface area (Å²) in [6.07, 6.45) is 5.37. The van der Waals surface area contributed by atoms with E-state index in [1.807, 2.05) is 49.1 Å². The number of aliphatic hydroxyl groups is 1. The van der Waals surface area contributed by atoms with E-state index in [9.17, 15) is 9.90 Å². The molecule has 25 heavy (non-hydrogen) atoms. The Kier molecular flexibility index (Phi) is 13.2. The van der Waals surface area contributed by atoms with E-state index in [0.29, 0.717) is 31.5 Å². The average molecular weight is 417 g/mol. The van der Waals surface area contributed by atoms with Crippen LogP contribution in [0.2, 0.25) is 6.32 Å². The van der Waals surface area contributed by atoms with E-state index in [-0.39, 0.29) is 44.7 Å². The van der Waals surface area contributed by atoms with Crippen LogP contribution in [0, 0.1) is 7.11 Å². The van der Waals surface area contributed by atoms with E-state index in [0.717, 1.165) is 12.0 Å². The van der Waals surface area contributed by atoms with Gasteiger partial charge < -0.3 is 14.7 Å². The SMILES string of the molecule is CC.[B]CCC(O)C=CC1CCC(=O)N1Cc1cccc(O[CH2-])c1.[Y]. The van der Waals surface area contributed by atoms with Crippen molar-refractivity contribution in [2.45, 2.75) is 58.1 Å². The average Bonchev–Trinajstić information content (AvgIpc) is 2.95. The quantitative estimate of drug-likeness (QED) is 0.421. The third kappa shape index (κ3) is 8.06. The second kappa shape index (κ2) is 13.5. The topological polar surface area (TPSA) is 49.8 Å². The van der Waals surface area contributed by atoms with E-state index >= 15 is 0 Å². The molecular formula is C19H27BNO3Y-. The summed E-state index contributed by atoms with van der Waals surface area (Å²) in [5, 5.41) is 9.73. The van der Waals surface area contributed by atoms with Crippen molar-refractivity contribution in [3.05, 3.63) is 49.1 Å². The number of nitrogens with zero attached hydrogens (tertiary/aromatic N) is 1. The number of carbonyl (C=O) groups excluding carboxylic acids is 1. The summed E-state index contributed by atoms with van der Waals surface area (Å²) in [7, 11) is 8.81. The van der Waals surface area contributed by atoms with E-state index in [1.165, 1.54) is 0 Å². The molecule has 2 rings (SSSR count). The molecule has 0 spiro atoms. The molecule has 1 fully saturated rings. The summed E-state index contributed by atoms with van der Waals surface area (Å²) in [6, 6.07) is 7.56. The molecule has 2 atom stereocenters. The van der Waals surface area contributed by atoms with Crippen LogP contribution < -0.4 is 4.74 Å². The Hall–Kier alpha value is -0.641. The standard InChI is InChI=1S/C17H21BNO3.C2H6.Y/c1-22-16-4-2-3-13(11-16)12-19-14(6-8-17(19)21)5-7-15(20)9-10-18;1-2;/h2-5,7,11,14-15,20H,1,6,8-10,12H2;1-2H3;/q-1;;. The summed E-state index contributed by atoms with van der Waals surface area (Å²) in [5.41, 5.74) is 0.998. The minimum atomic E-state index is -0.551. The van der Waals surface area contributed by atoms with Crippen LogP contribution in [0.3, 0.4) is 0 Å². The minimum Gasteiger partial charge on any atom is -0.665 e. The van der Waals surface area contributed by atoms with Crippen molar-refractivity contribution in [1.82, 2.24) is 4.90 Å². The Bertz CT molecular complexity index is 539. The molecule has 0 saturated carbocycles. The molecule has 0 aliphatic carbocycles. The molecule has 1 aliphatic heterocycles. The zero-order valence-corrected chi connectivity index (χ0v) is 18.1. The van der Waals surface area contributed by atoms with Gasteiger partial charge in [0.2, 0.25) is 5.91 Å². The summed E-state index contributed by atoms with van der Waals surface area (Å²) >= 11 is 0. The van der Waals surface area contributed by atoms with Crippen LogP contribution in [0.25, 0.3) is 0 Å². The zero-order valence-electron chi connectivity index (χ0n) is 15.2. The number of amides is 1. The predicted molar refractivity (Wildman–Crippen MR) is 97.7 cm³/mol. The Labute approximate surface area is 178 Å². The van der Waals surface area contributed by atoms with Crippen LogP contribution in [0.4, 0.5) is 0 Å². The second-order valence-corrected chi connectivity index (χ2v) is 5.45. The molecule has 0 aromatic heterocycles. The largest absolute Gasteiger partial charge is 0.665 e. The van der Waals surface area contributed by atoms with Crippen LogP contribution in [0.15, 0.2) is 36.4 Å². The van der Waals surface area contributed by atoms with Crippen molar-refractivity contribution >= 4 is 13.8 Å². The fraction of sp³-hybridized carbons (Fsp3) is 0.474. The number of benzene rings is 1. The molecule has 1 aromatic carbocycles. The van der Waals surface area contributed by atoms with Gasteiger partial charge in [0.05, 0.1) is 25.7 Å². The monoisotopic (exact) mass is 417 g/mol. The van der Waals surface area contributed by atoms with Crippen molar-refractivity contribution in [3.63, 3.8) is 0 Å². The van der Waals surface area contributed by atoms with Crippen molar-refractivity contribution in [2.75, 3.05) is 0 Å². The predicted octanol–water partition coefficient (Wildman–Crippen LogP) is 3.27. The van der Waals surface area contributed by atoms with Crippen molar-refractivity contribution in [2.24, 2.45) is 0 Å². The van der Waals surface area contributed by atoms with Gasteiger partial charge in [-0.15, -0.1) is 0 Å². The van der Waals surface area contributed by atoms with Crippen LogP contribution in [-0.2, 0) is 44.0 Å². The van der Waals surface area contributed by atoms with E-state index in [4.69, 9.17) is 12.6 Å². The van der Waals surface area contributed by atoms with Crippen LogP contribution in [0.1, 0.15) is 38.7 Å². The van der Waals surface area contributed by atoms with Crippen LogP contribution >= 0.6 is 0 Å². The first kappa shape index (κ1) is 24.4. The fourth-order valence-corrected chi connectivity index (χ4v) is 2.62. The minimum absolute atomic E-state index is 0. The fourth-order valence-electron chi connectivity index (χ4n) is 2.62. The molecule has 0 bridgehead atoms. The second-order valence-electron chi connectivity index (χ2n) is 5.45. The van der Waals surface area contributed by atoms with E-state index in [1.54, 1.807) is 6.08 Å². The van der Waals surface area contributed by atoms with Gasteiger partial charge in [-0.1, -0.05) is 44.5 Å². The molecular weight excluding hydrogens is 390 g/mol. The van der Waals surface area contributed by atoms with Gasteiger partial charge in [-0.25, -0.2) is 0 Å².